The number of nitrogens with one attached hydrogen (secondary N) is 1. The lowest BCUT2D eigenvalue weighted by Crippen LogP contribution is -2.37. The Hall–Kier alpha value is -1.10. The van der Waals surface area contributed by atoms with Crippen LogP contribution in [0.3, 0.4) is 0 Å². The number of para-hydroxylation sites is 1. The van der Waals surface area contributed by atoms with Crippen LogP contribution in [0.25, 0.3) is 0 Å². The highest BCUT2D eigenvalue weighted by Gasteiger charge is 2.24. The van der Waals surface area contributed by atoms with Crippen LogP contribution in [0.1, 0.15) is 25.7 Å². The van der Waals surface area contributed by atoms with Crippen LogP contribution < -0.4 is 10.2 Å². The SMILES string of the molecule is CSc1ccc2c(c1)N(CC[C@H]1CCCCN1)c1ccccc1S2. The Bertz CT molecular complexity index is 711. The Morgan fingerprint density at radius 3 is 2.83 bits per heavy atom. The van der Waals surface area contributed by atoms with Gasteiger partial charge in [0.05, 0.1) is 11.4 Å². The largest absolute Gasteiger partial charge is 0.340 e. The Morgan fingerprint density at radius 2 is 2.00 bits per heavy atom. The van der Waals surface area contributed by atoms with E-state index in [2.05, 4.69) is 58.9 Å². The van der Waals surface area contributed by atoms with E-state index >= 15 is 0 Å². The van der Waals surface area contributed by atoms with Crippen molar-refractivity contribution in [2.75, 3.05) is 24.2 Å². The maximum atomic E-state index is 3.69. The molecule has 2 heterocycles. The Balaban J connectivity index is 1.63. The Morgan fingerprint density at radius 1 is 1.12 bits per heavy atom. The molecule has 0 saturated carbocycles. The number of hydrogen-bond acceptors (Lipinski definition) is 4. The van der Waals surface area contributed by atoms with Gasteiger partial charge in [0.2, 0.25) is 0 Å². The maximum absolute atomic E-state index is 3.69. The first kappa shape index (κ1) is 16.4. The van der Waals surface area contributed by atoms with Gasteiger partial charge < -0.3 is 10.2 Å². The highest BCUT2D eigenvalue weighted by molar-refractivity contribution is 8.00. The summed E-state index contributed by atoms with van der Waals surface area (Å²) in [5, 5.41) is 3.69. The molecule has 0 unspecified atom stereocenters. The topological polar surface area (TPSA) is 15.3 Å². The lowest BCUT2D eigenvalue weighted by atomic mass is 10.0. The number of anilines is 2. The third-order valence-electron chi connectivity index (χ3n) is 4.95. The minimum absolute atomic E-state index is 0.674. The standard InChI is InChI=1S/C20H24N2S2/c1-23-16-9-10-20-18(14-16)22(13-11-15-6-4-5-12-21-15)17-7-2-3-8-19(17)24-20/h2-3,7-10,14-15,21H,4-6,11-13H2,1H3/t15-/m1/s1. The van der Waals surface area contributed by atoms with Gasteiger partial charge in [0.15, 0.2) is 0 Å². The first-order valence-corrected chi connectivity index (χ1v) is 10.8. The van der Waals surface area contributed by atoms with E-state index in [1.54, 1.807) is 0 Å². The van der Waals surface area contributed by atoms with Gasteiger partial charge in [-0.05, 0) is 62.4 Å². The molecule has 1 N–H and O–H groups in total. The van der Waals surface area contributed by atoms with Crippen molar-refractivity contribution < 1.29 is 0 Å². The van der Waals surface area contributed by atoms with Crippen molar-refractivity contribution in [3.05, 3.63) is 42.5 Å². The van der Waals surface area contributed by atoms with Crippen LogP contribution >= 0.6 is 23.5 Å². The molecule has 1 saturated heterocycles. The first-order chi connectivity index (χ1) is 11.8. The van der Waals surface area contributed by atoms with Gasteiger partial charge in [0, 0.05) is 27.3 Å². The quantitative estimate of drug-likeness (QED) is 0.723. The van der Waals surface area contributed by atoms with Crippen LogP contribution in [-0.4, -0.2) is 25.4 Å². The fourth-order valence-electron chi connectivity index (χ4n) is 3.63. The second-order valence-electron chi connectivity index (χ2n) is 6.49. The van der Waals surface area contributed by atoms with Crippen LogP contribution in [0, 0.1) is 0 Å². The average molecular weight is 357 g/mol. The van der Waals surface area contributed by atoms with Crippen LogP contribution in [0.5, 0.6) is 0 Å². The zero-order chi connectivity index (χ0) is 16.4. The molecule has 0 bridgehead atoms. The van der Waals surface area contributed by atoms with Gasteiger partial charge in [-0.25, -0.2) is 0 Å². The lowest BCUT2D eigenvalue weighted by molar-refractivity contribution is 0.385. The summed E-state index contributed by atoms with van der Waals surface area (Å²) in [6, 6.07) is 16.4. The van der Waals surface area contributed by atoms with Gasteiger partial charge in [0.25, 0.3) is 0 Å². The summed E-state index contributed by atoms with van der Waals surface area (Å²) in [7, 11) is 0. The minimum atomic E-state index is 0.674. The Kier molecular flexibility index (Phi) is 5.06. The number of rotatable bonds is 4. The van der Waals surface area contributed by atoms with E-state index in [4.69, 9.17) is 0 Å². The highest BCUT2D eigenvalue weighted by Crippen LogP contribution is 2.48. The van der Waals surface area contributed by atoms with Crippen LogP contribution in [0.2, 0.25) is 0 Å². The molecular weight excluding hydrogens is 332 g/mol. The summed E-state index contributed by atoms with van der Waals surface area (Å²) >= 11 is 3.72. The summed E-state index contributed by atoms with van der Waals surface area (Å²) in [5.74, 6) is 0. The van der Waals surface area contributed by atoms with Gasteiger partial charge in [-0.3, -0.25) is 0 Å². The van der Waals surface area contributed by atoms with E-state index < -0.39 is 0 Å². The molecule has 24 heavy (non-hydrogen) atoms. The molecule has 4 heteroatoms. The molecule has 2 nitrogen and oxygen atoms in total. The van der Waals surface area contributed by atoms with E-state index in [9.17, 15) is 0 Å². The molecule has 2 aromatic rings. The van der Waals surface area contributed by atoms with Crippen molar-refractivity contribution in [3.8, 4) is 0 Å². The molecule has 4 rings (SSSR count). The molecule has 126 valence electrons. The van der Waals surface area contributed by atoms with Crippen molar-refractivity contribution in [1.82, 2.24) is 5.32 Å². The van der Waals surface area contributed by atoms with E-state index in [1.807, 2.05) is 23.5 Å². The van der Waals surface area contributed by atoms with Crippen molar-refractivity contribution in [2.45, 2.75) is 46.4 Å². The molecule has 0 radical (unpaired) electrons. The second-order valence-corrected chi connectivity index (χ2v) is 8.45. The molecule has 2 aromatic carbocycles. The molecular formula is C20H24N2S2. The van der Waals surface area contributed by atoms with Gasteiger partial charge in [-0.15, -0.1) is 11.8 Å². The molecule has 0 aromatic heterocycles. The number of fused-ring (bicyclic) bond motifs is 2. The molecule has 2 aliphatic heterocycles. The van der Waals surface area contributed by atoms with E-state index in [-0.39, 0.29) is 0 Å². The lowest BCUT2D eigenvalue weighted by Gasteiger charge is -2.34. The second kappa shape index (κ2) is 7.42. The molecule has 1 atom stereocenters. The zero-order valence-electron chi connectivity index (χ0n) is 14.1. The van der Waals surface area contributed by atoms with E-state index in [1.165, 1.54) is 58.3 Å². The molecule has 0 amide bonds. The van der Waals surface area contributed by atoms with Gasteiger partial charge in [0.1, 0.15) is 0 Å². The number of benzene rings is 2. The predicted molar refractivity (Wildman–Crippen MR) is 106 cm³/mol. The van der Waals surface area contributed by atoms with Gasteiger partial charge >= 0.3 is 0 Å². The van der Waals surface area contributed by atoms with E-state index in [0.717, 1.165) is 6.54 Å². The summed E-state index contributed by atoms with van der Waals surface area (Å²) in [6.45, 7) is 2.27. The number of piperidine rings is 1. The van der Waals surface area contributed by atoms with E-state index in [0.29, 0.717) is 6.04 Å². The normalized spacial score (nSPS) is 19.7. The molecule has 0 aliphatic carbocycles. The third-order valence-corrected chi connectivity index (χ3v) is 6.80. The van der Waals surface area contributed by atoms with Gasteiger partial charge in [-0.2, -0.15) is 0 Å². The number of nitrogens with zero attached hydrogens (tertiary/aromatic N) is 1. The summed E-state index contributed by atoms with van der Waals surface area (Å²) < 4.78 is 0. The van der Waals surface area contributed by atoms with Crippen LogP contribution in [0.4, 0.5) is 11.4 Å². The van der Waals surface area contributed by atoms with Crippen molar-refractivity contribution >= 4 is 34.9 Å². The van der Waals surface area contributed by atoms with Crippen molar-refractivity contribution in [2.24, 2.45) is 0 Å². The fourth-order valence-corrected chi connectivity index (χ4v) is 5.14. The highest BCUT2D eigenvalue weighted by atomic mass is 32.2. The number of hydrogen-bond donors (Lipinski definition) is 1. The third kappa shape index (κ3) is 3.32. The van der Waals surface area contributed by atoms with Crippen LogP contribution in [0.15, 0.2) is 57.2 Å². The molecule has 1 fully saturated rings. The summed E-state index contributed by atoms with van der Waals surface area (Å²) in [6.07, 6.45) is 7.39. The predicted octanol–water partition coefficient (Wildman–Crippen LogP) is 5.54. The van der Waals surface area contributed by atoms with Gasteiger partial charge in [-0.1, -0.05) is 30.3 Å². The zero-order valence-corrected chi connectivity index (χ0v) is 15.8. The molecule has 2 aliphatic rings. The summed E-state index contributed by atoms with van der Waals surface area (Å²) in [4.78, 5) is 6.63. The van der Waals surface area contributed by atoms with Crippen LogP contribution in [-0.2, 0) is 0 Å². The minimum Gasteiger partial charge on any atom is -0.340 e. The monoisotopic (exact) mass is 356 g/mol. The molecule has 0 spiro atoms. The summed E-state index contributed by atoms with van der Waals surface area (Å²) in [5.41, 5.74) is 2.74. The maximum Gasteiger partial charge on any atom is 0.0564 e. The fraction of sp³-hybridized carbons (Fsp3) is 0.400. The Labute approximate surface area is 153 Å². The average Bonchev–Trinajstić information content (AvgIpc) is 2.65. The van der Waals surface area contributed by atoms with Crippen molar-refractivity contribution in [3.63, 3.8) is 0 Å². The first-order valence-electron chi connectivity index (χ1n) is 8.81. The van der Waals surface area contributed by atoms with Crippen molar-refractivity contribution in [1.29, 1.82) is 0 Å². The number of thioether (sulfide) groups is 1. The smallest absolute Gasteiger partial charge is 0.0564 e.